The molecule has 6 heteroatoms. The van der Waals surface area contributed by atoms with E-state index in [-0.39, 0.29) is 11.9 Å². The Labute approximate surface area is 153 Å². The Balaban J connectivity index is 1.70. The van der Waals surface area contributed by atoms with Crippen molar-refractivity contribution in [3.63, 3.8) is 0 Å². The van der Waals surface area contributed by atoms with Crippen LogP contribution in [0.2, 0.25) is 0 Å². The molecule has 1 saturated heterocycles. The second-order valence-electron chi connectivity index (χ2n) is 6.91. The zero-order valence-electron chi connectivity index (χ0n) is 15.8. The highest BCUT2D eigenvalue weighted by Crippen LogP contribution is 2.21. The Hall–Kier alpha value is -2.63. The molecule has 1 aliphatic rings. The van der Waals surface area contributed by atoms with E-state index in [0.29, 0.717) is 25.9 Å². The molecule has 1 atom stereocenters. The van der Waals surface area contributed by atoms with Crippen molar-refractivity contribution in [1.29, 1.82) is 0 Å². The smallest absolute Gasteiger partial charge is 0.328 e. The van der Waals surface area contributed by atoms with Gasteiger partial charge in [-0.05, 0) is 62.9 Å². The van der Waals surface area contributed by atoms with E-state index in [1.54, 1.807) is 0 Å². The van der Waals surface area contributed by atoms with Crippen molar-refractivity contribution < 1.29 is 14.3 Å². The summed E-state index contributed by atoms with van der Waals surface area (Å²) < 4.78 is 6.80. The number of hydrogen-bond donors (Lipinski definition) is 1. The normalized spacial score (nSPS) is 16.6. The van der Waals surface area contributed by atoms with Crippen LogP contribution >= 0.6 is 0 Å². The number of carbonyl (C=O) groups is 2. The topological polar surface area (TPSA) is 73.2 Å². The van der Waals surface area contributed by atoms with Crippen molar-refractivity contribution in [2.75, 3.05) is 6.61 Å². The molecular formula is C20H25N3O3. The van der Waals surface area contributed by atoms with Crippen LogP contribution in [0.1, 0.15) is 40.9 Å². The summed E-state index contributed by atoms with van der Waals surface area (Å²) in [4.78, 5) is 23.6. The Morgan fingerprint density at radius 1 is 1.27 bits per heavy atom. The van der Waals surface area contributed by atoms with Crippen LogP contribution in [-0.2, 0) is 20.7 Å². The number of aromatic nitrogens is 2. The van der Waals surface area contributed by atoms with Crippen LogP contribution in [0, 0.1) is 27.7 Å². The van der Waals surface area contributed by atoms with Gasteiger partial charge in [0.15, 0.2) is 0 Å². The van der Waals surface area contributed by atoms with Crippen LogP contribution in [-0.4, -0.2) is 34.3 Å². The van der Waals surface area contributed by atoms with Crippen molar-refractivity contribution in [1.82, 2.24) is 15.1 Å². The summed E-state index contributed by atoms with van der Waals surface area (Å²) in [5.74, 6) is -0.472. The fourth-order valence-electron chi connectivity index (χ4n) is 3.28. The van der Waals surface area contributed by atoms with Gasteiger partial charge < -0.3 is 10.1 Å². The molecule has 2 heterocycles. The number of esters is 1. The highest BCUT2D eigenvalue weighted by Gasteiger charge is 2.27. The van der Waals surface area contributed by atoms with Crippen LogP contribution in [0.3, 0.4) is 0 Å². The molecule has 1 aromatic carbocycles. The Morgan fingerprint density at radius 3 is 2.69 bits per heavy atom. The van der Waals surface area contributed by atoms with Crippen LogP contribution in [0.5, 0.6) is 0 Å². The summed E-state index contributed by atoms with van der Waals surface area (Å²) in [6.07, 6.45) is 1.47. The van der Waals surface area contributed by atoms with E-state index in [0.717, 1.165) is 22.6 Å². The molecule has 0 saturated carbocycles. The largest absolute Gasteiger partial charge is 0.464 e. The van der Waals surface area contributed by atoms with Crippen molar-refractivity contribution in [3.8, 4) is 5.69 Å². The molecular weight excluding hydrogens is 330 g/mol. The summed E-state index contributed by atoms with van der Waals surface area (Å²) in [7, 11) is 0. The lowest BCUT2D eigenvalue weighted by Gasteiger charge is -2.10. The first-order valence-corrected chi connectivity index (χ1v) is 8.95. The third-order valence-corrected chi connectivity index (χ3v) is 5.05. The lowest BCUT2D eigenvalue weighted by Crippen LogP contribution is -2.38. The van der Waals surface area contributed by atoms with Gasteiger partial charge in [-0.15, -0.1) is 0 Å². The van der Waals surface area contributed by atoms with E-state index in [2.05, 4.69) is 42.5 Å². The lowest BCUT2D eigenvalue weighted by atomic mass is 10.1. The number of rotatable bonds is 5. The minimum atomic E-state index is -0.497. The Kier molecular flexibility index (Phi) is 5.11. The van der Waals surface area contributed by atoms with Crippen molar-refractivity contribution >= 4 is 11.9 Å². The van der Waals surface area contributed by atoms with E-state index in [4.69, 9.17) is 4.74 Å². The molecule has 1 fully saturated rings. The highest BCUT2D eigenvalue weighted by molar-refractivity contribution is 5.85. The first kappa shape index (κ1) is 18.2. The number of nitrogens with one attached hydrogen (secondary N) is 1. The Morgan fingerprint density at radius 2 is 2.04 bits per heavy atom. The van der Waals surface area contributed by atoms with E-state index in [1.807, 2.05) is 18.5 Å². The summed E-state index contributed by atoms with van der Waals surface area (Å²) in [6.45, 7) is 8.54. The van der Waals surface area contributed by atoms with Gasteiger partial charge in [0.1, 0.15) is 6.04 Å². The van der Waals surface area contributed by atoms with Crippen LogP contribution in [0.25, 0.3) is 5.69 Å². The number of nitrogens with zero attached hydrogens (tertiary/aromatic N) is 2. The number of hydrogen-bond acceptors (Lipinski definition) is 4. The maximum absolute atomic E-state index is 12.2. The molecule has 6 nitrogen and oxygen atoms in total. The molecule has 2 aromatic rings. The number of amides is 1. The quantitative estimate of drug-likeness (QED) is 0.836. The maximum Gasteiger partial charge on any atom is 0.328 e. The second kappa shape index (κ2) is 7.32. The molecule has 26 heavy (non-hydrogen) atoms. The van der Waals surface area contributed by atoms with Crippen molar-refractivity contribution in [3.05, 3.63) is 46.3 Å². The summed E-state index contributed by atoms with van der Waals surface area (Å²) in [6, 6.07) is 5.78. The molecule has 138 valence electrons. The molecule has 1 amide bonds. The van der Waals surface area contributed by atoms with Crippen LogP contribution < -0.4 is 5.32 Å². The minimum absolute atomic E-state index is 0.133. The molecule has 0 radical (unpaired) electrons. The number of carbonyl (C=O) groups excluding carboxylic acids is 2. The predicted octanol–water partition coefficient (Wildman–Crippen LogP) is 2.47. The van der Waals surface area contributed by atoms with Gasteiger partial charge in [0.25, 0.3) is 0 Å². The fraction of sp³-hybridized carbons (Fsp3) is 0.450. The van der Waals surface area contributed by atoms with Gasteiger partial charge >= 0.3 is 5.97 Å². The molecule has 0 bridgehead atoms. The molecule has 0 spiro atoms. The predicted molar refractivity (Wildman–Crippen MR) is 98.3 cm³/mol. The highest BCUT2D eigenvalue weighted by atomic mass is 16.5. The number of aryl methyl sites for hydroxylation is 3. The molecule has 1 unspecified atom stereocenters. The maximum atomic E-state index is 12.2. The van der Waals surface area contributed by atoms with E-state index in [9.17, 15) is 9.59 Å². The first-order chi connectivity index (χ1) is 12.4. The average Bonchev–Trinajstić information content (AvgIpc) is 3.12. The standard InChI is InChI=1S/C20H25N3O3/c1-12-5-6-16(11-13(12)2)23-15(4)17(14(3)22-23)7-8-19(24)21-18-9-10-26-20(18)25/h5-6,11,18H,7-10H2,1-4H3,(H,21,24). The number of ether oxygens (including phenoxy) is 1. The summed E-state index contributed by atoms with van der Waals surface area (Å²) in [5.41, 5.74) is 6.54. The number of cyclic esters (lactones) is 1. The van der Waals surface area contributed by atoms with Crippen LogP contribution in [0.4, 0.5) is 0 Å². The Bertz CT molecular complexity index is 854. The summed E-state index contributed by atoms with van der Waals surface area (Å²) in [5, 5.41) is 7.40. The second-order valence-corrected chi connectivity index (χ2v) is 6.91. The van der Waals surface area contributed by atoms with Gasteiger partial charge in [-0.1, -0.05) is 6.07 Å². The SMILES string of the molecule is Cc1ccc(-n2nc(C)c(CCC(=O)NC3CCOC3=O)c2C)cc1C. The van der Waals surface area contributed by atoms with Gasteiger partial charge in [0, 0.05) is 18.5 Å². The van der Waals surface area contributed by atoms with E-state index in [1.165, 1.54) is 11.1 Å². The number of benzene rings is 1. The minimum Gasteiger partial charge on any atom is -0.464 e. The van der Waals surface area contributed by atoms with Crippen molar-refractivity contribution in [2.24, 2.45) is 0 Å². The average molecular weight is 355 g/mol. The molecule has 1 aromatic heterocycles. The van der Waals surface area contributed by atoms with Gasteiger partial charge in [-0.25, -0.2) is 9.48 Å². The molecule has 0 aliphatic carbocycles. The fourth-order valence-corrected chi connectivity index (χ4v) is 3.28. The lowest BCUT2D eigenvalue weighted by molar-refractivity contribution is -0.141. The van der Waals surface area contributed by atoms with Gasteiger partial charge in [0.2, 0.25) is 5.91 Å². The zero-order chi connectivity index (χ0) is 18.8. The third kappa shape index (κ3) is 3.64. The van der Waals surface area contributed by atoms with Gasteiger partial charge in [-0.3, -0.25) is 4.79 Å². The molecule has 1 N–H and O–H groups in total. The third-order valence-electron chi connectivity index (χ3n) is 5.05. The molecule has 3 rings (SSSR count). The van der Waals surface area contributed by atoms with Crippen LogP contribution in [0.15, 0.2) is 18.2 Å². The van der Waals surface area contributed by atoms with Gasteiger partial charge in [0.05, 0.1) is 18.0 Å². The summed E-state index contributed by atoms with van der Waals surface area (Å²) >= 11 is 0. The molecule has 1 aliphatic heterocycles. The van der Waals surface area contributed by atoms with E-state index < -0.39 is 6.04 Å². The van der Waals surface area contributed by atoms with E-state index >= 15 is 0 Å². The monoisotopic (exact) mass is 355 g/mol. The zero-order valence-corrected chi connectivity index (χ0v) is 15.8. The van der Waals surface area contributed by atoms with Gasteiger partial charge in [-0.2, -0.15) is 5.10 Å². The first-order valence-electron chi connectivity index (χ1n) is 8.95. The van der Waals surface area contributed by atoms with Crippen molar-refractivity contribution in [2.45, 2.75) is 53.0 Å².